The van der Waals surface area contributed by atoms with Crippen LogP contribution in [0.25, 0.3) is 33.7 Å². The molecule has 5 heteroatoms. The van der Waals surface area contributed by atoms with Gasteiger partial charge in [-0.1, -0.05) is 42.5 Å². The van der Waals surface area contributed by atoms with Crippen LogP contribution in [0, 0.1) is 0 Å². The van der Waals surface area contributed by atoms with Crippen molar-refractivity contribution in [2.75, 3.05) is 0 Å². The normalized spacial score (nSPS) is 10.9. The minimum Gasteiger partial charge on any atom is -0.454 e. The Hall–Kier alpha value is -3.21. The number of hydrogen-bond donors (Lipinski definition) is 1. The first-order chi connectivity index (χ1) is 10.8. The van der Waals surface area contributed by atoms with Gasteiger partial charge in [0.1, 0.15) is 11.3 Å². The van der Waals surface area contributed by atoms with Crippen molar-refractivity contribution in [2.24, 2.45) is 0 Å². The molecule has 0 radical (unpaired) electrons. The molecule has 2 aromatic heterocycles. The maximum absolute atomic E-state index is 12.2. The van der Waals surface area contributed by atoms with Crippen LogP contribution in [0.3, 0.4) is 0 Å². The molecule has 4 rings (SSSR count). The van der Waals surface area contributed by atoms with E-state index in [1.165, 1.54) is 6.07 Å². The molecule has 0 saturated carbocycles. The van der Waals surface area contributed by atoms with E-state index in [1.807, 2.05) is 42.5 Å². The third-order valence-electron chi connectivity index (χ3n) is 3.46. The monoisotopic (exact) mass is 289 g/mol. The summed E-state index contributed by atoms with van der Waals surface area (Å²) in [6.45, 7) is 0. The molecule has 0 aliphatic carbocycles. The first-order valence-corrected chi connectivity index (χ1v) is 6.82. The zero-order valence-corrected chi connectivity index (χ0v) is 11.5. The summed E-state index contributed by atoms with van der Waals surface area (Å²) < 4.78 is 5.83. The number of aromatic nitrogens is 3. The molecular formula is C17H11N3O2. The fourth-order valence-corrected chi connectivity index (χ4v) is 2.42. The predicted molar refractivity (Wildman–Crippen MR) is 83.3 cm³/mol. The molecule has 5 nitrogen and oxygen atoms in total. The number of aromatic amines is 1. The van der Waals surface area contributed by atoms with E-state index in [1.54, 1.807) is 12.1 Å². The Morgan fingerprint density at radius 1 is 0.864 bits per heavy atom. The van der Waals surface area contributed by atoms with E-state index in [4.69, 9.17) is 4.42 Å². The van der Waals surface area contributed by atoms with Crippen LogP contribution in [0.2, 0.25) is 0 Å². The number of H-pyrrole nitrogens is 1. The highest BCUT2D eigenvalue weighted by Gasteiger charge is 2.16. The van der Waals surface area contributed by atoms with E-state index < -0.39 is 0 Å². The lowest BCUT2D eigenvalue weighted by Crippen LogP contribution is -2.00. The summed E-state index contributed by atoms with van der Waals surface area (Å²) in [6, 6.07) is 18.2. The van der Waals surface area contributed by atoms with Crippen molar-refractivity contribution >= 4 is 11.0 Å². The molecule has 106 valence electrons. The van der Waals surface area contributed by atoms with Crippen LogP contribution in [-0.4, -0.2) is 15.4 Å². The molecule has 0 aliphatic heterocycles. The van der Waals surface area contributed by atoms with Crippen molar-refractivity contribution in [3.8, 4) is 22.7 Å². The third kappa shape index (κ3) is 2.00. The molecule has 4 aromatic rings. The molecule has 2 aromatic carbocycles. The average Bonchev–Trinajstić information content (AvgIpc) is 3.05. The summed E-state index contributed by atoms with van der Waals surface area (Å²) in [5.41, 5.74) is 2.51. The molecule has 0 atom stereocenters. The van der Waals surface area contributed by atoms with Crippen molar-refractivity contribution < 1.29 is 4.42 Å². The van der Waals surface area contributed by atoms with Gasteiger partial charge in [0, 0.05) is 11.6 Å². The number of nitrogens with zero attached hydrogens (tertiary/aromatic N) is 2. The van der Waals surface area contributed by atoms with E-state index in [9.17, 15) is 4.79 Å². The number of para-hydroxylation sites is 1. The molecule has 0 aliphatic rings. The zero-order valence-electron chi connectivity index (χ0n) is 11.5. The van der Waals surface area contributed by atoms with Gasteiger partial charge in [-0.3, -0.25) is 4.79 Å². The standard InChI is InChI=1S/C17H11N3O2/c21-13-10-15(22-14-9-5-4-8-12(13)14)17-16(18-20-19-17)11-6-2-1-3-7-11/h1-10H,(H,18,19,20). The molecule has 1 N–H and O–H groups in total. The second kappa shape index (κ2) is 4.96. The lowest BCUT2D eigenvalue weighted by molar-refractivity contribution is 0.616. The summed E-state index contributed by atoms with van der Waals surface area (Å²) in [4.78, 5) is 12.2. The van der Waals surface area contributed by atoms with Gasteiger partial charge in [0.05, 0.1) is 5.39 Å². The first-order valence-electron chi connectivity index (χ1n) is 6.82. The highest BCUT2D eigenvalue weighted by atomic mass is 16.3. The Kier molecular flexibility index (Phi) is 2.83. The summed E-state index contributed by atoms with van der Waals surface area (Å²) in [7, 11) is 0. The number of hydrogen-bond acceptors (Lipinski definition) is 4. The van der Waals surface area contributed by atoms with Gasteiger partial charge in [-0.2, -0.15) is 15.4 Å². The van der Waals surface area contributed by atoms with Gasteiger partial charge in [0.25, 0.3) is 0 Å². The second-order valence-electron chi connectivity index (χ2n) is 4.86. The smallest absolute Gasteiger partial charge is 0.193 e. The highest BCUT2D eigenvalue weighted by molar-refractivity contribution is 5.81. The van der Waals surface area contributed by atoms with Crippen LogP contribution >= 0.6 is 0 Å². The average molecular weight is 289 g/mol. The van der Waals surface area contributed by atoms with Crippen molar-refractivity contribution in [3.63, 3.8) is 0 Å². The summed E-state index contributed by atoms with van der Waals surface area (Å²) in [5, 5.41) is 11.5. The lowest BCUT2D eigenvalue weighted by Gasteiger charge is -2.02. The summed E-state index contributed by atoms with van der Waals surface area (Å²) in [6.07, 6.45) is 0. The molecule has 0 spiro atoms. The maximum atomic E-state index is 12.2. The van der Waals surface area contributed by atoms with Gasteiger partial charge in [-0.05, 0) is 12.1 Å². The quantitative estimate of drug-likeness (QED) is 0.615. The van der Waals surface area contributed by atoms with Crippen LogP contribution in [0.1, 0.15) is 0 Å². The zero-order chi connectivity index (χ0) is 14.9. The fourth-order valence-electron chi connectivity index (χ4n) is 2.42. The van der Waals surface area contributed by atoms with E-state index >= 15 is 0 Å². The number of benzene rings is 2. The lowest BCUT2D eigenvalue weighted by atomic mass is 10.1. The third-order valence-corrected chi connectivity index (χ3v) is 3.46. The Labute approximate surface area is 125 Å². The maximum Gasteiger partial charge on any atom is 0.193 e. The summed E-state index contributed by atoms with van der Waals surface area (Å²) in [5.74, 6) is 0.399. The molecule has 0 amide bonds. The number of fused-ring (bicyclic) bond motifs is 1. The predicted octanol–water partition coefficient (Wildman–Crippen LogP) is 3.25. The molecular weight excluding hydrogens is 278 g/mol. The van der Waals surface area contributed by atoms with Gasteiger partial charge < -0.3 is 4.42 Å². The van der Waals surface area contributed by atoms with Crippen LogP contribution in [0.4, 0.5) is 0 Å². The van der Waals surface area contributed by atoms with Crippen molar-refractivity contribution in [1.29, 1.82) is 0 Å². The van der Waals surface area contributed by atoms with Crippen molar-refractivity contribution in [2.45, 2.75) is 0 Å². The SMILES string of the molecule is O=c1cc(-c2n[nH]nc2-c2ccccc2)oc2ccccc12. The summed E-state index contributed by atoms with van der Waals surface area (Å²) >= 11 is 0. The molecule has 0 bridgehead atoms. The van der Waals surface area contributed by atoms with Gasteiger partial charge in [0.2, 0.25) is 0 Å². The van der Waals surface area contributed by atoms with Gasteiger partial charge in [0.15, 0.2) is 16.9 Å². The Morgan fingerprint density at radius 2 is 1.59 bits per heavy atom. The van der Waals surface area contributed by atoms with E-state index in [0.717, 1.165) is 5.56 Å². The Bertz CT molecular complexity index is 1000. The molecule has 0 fully saturated rings. The van der Waals surface area contributed by atoms with Crippen molar-refractivity contribution in [1.82, 2.24) is 15.4 Å². The van der Waals surface area contributed by atoms with Crippen molar-refractivity contribution in [3.05, 3.63) is 70.9 Å². The number of rotatable bonds is 2. The minimum atomic E-state index is -0.0983. The molecule has 0 saturated heterocycles. The van der Waals surface area contributed by atoms with Gasteiger partial charge in [-0.15, -0.1) is 0 Å². The van der Waals surface area contributed by atoms with E-state index in [-0.39, 0.29) is 5.43 Å². The molecule has 2 heterocycles. The Morgan fingerprint density at radius 3 is 2.45 bits per heavy atom. The fraction of sp³-hybridized carbons (Fsp3) is 0. The van der Waals surface area contributed by atoms with Crippen LogP contribution < -0.4 is 5.43 Å². The first kappa shape index (κ1) is 12.5. The molecule has 22 heavy (non-hydrogen) atoms. The van der Waals surface area contributed by atoms with E-state index in [0.29, 0.717) is 28.1 Å². The van der Waals surface area contributed by atoms with Crippen LogP contribution in [0.15, 0.2) is 69.9 Å². The highest BCUT2D eigenvalue weighted by Crippen LogP contribution is 2.28. The Balaban J connectivity index is 1.94. The van der Waals surface area contributed by atoms with Crippen LogP contribution in [-0.2, 0) is 0 Å². The topological polar surface area (TPSA) is 71.8 Å². The van der Waals surface area contributed by atoms with Crippen LogP contribution in [0.5, 0.6) is 0 Å². The minimum absolute atomic E-state index is 0.0983. The second-order valence-corrected chi connectivity index (χ2v) is 4.86. The van der Waals surface area contributed by atoms with E-state index in [2.05, 4.69) is 15.4 Å². The largest absolute Gasteiger partial charge is 0.454 e. The molecule has 0 unspecified atom stereocenters. The van der Waals surface area contributed by atoms with Gasteiger partial charge >= 0.3 is 0 Å². The van der Waals surface area contributed by atoms with Gasteiger partial charge in [-0.25, -0.2) is 0 Å². The number of nitrogens with one attached hydrogen (secondary N) is 1.